The molecular formula is C18H20N4O2S. The van der Waals surface area contributed by atoms with Crippen LogP contribution in [0.2, 0.25) is 0 Å². The maximum atomic E-state index is 12.5. The molecule has 130 valence electrons. The molecular weight excluding hydrogens is 336 g/mol. The molecule has 0 radical (unpaired) electrons. The molecule has 1 aromatic carbocycles. The first kappa shape index (κ1) is 16.1. The van der Waals surface area contributed by atoms with E-state index >= 15 is 0 Å². The second-order valence-electron chi connectivity index (χ2n) is 6.41. The fourth-order valence-corrected chi connectivity index (χ4v) is 4.04. The molecule has 2 amide bonds. The number of likely N-dealkylation sites (tertiary alicyclic amines) is 1. The number of hydrogen-bond acceptors (Lipinski definition) is 5. The lowest BCUT2D eigenvalue weighted by Crippen LogP contribution is -2.44. The minimum atomic E-state index is -0.0321. The Morgan fingerprint density at radius 3 is 3.20 bits per heavy atom. The van der Waals surface area contributed by atoms with Crippen LogP contribution in [0.25, 0.3) is 10.1 Å². The zero-order valence-corrected chi connectivity index (χ0v) is 14.9. The highest BCUT2D eigenvalue weighted by Gasteiger charge is 2.27. The molecule has 1 fully saturated rings. The second-order valence-corrected chi connectivity index (χ2v) is 7.36. The van der Waals surface area contributed by atoms with Gasteiger partial charge >= 0.3 is 6.03 Å². The smallest absolute Gasteiger partial charge is 0.317 e. The zero-order chi connectivity index (χ0) is 17.2. The van der Waals surface area contributed by atoms with E-state index in [4.69, 9.17) is 4.52 Å². The van der Waals surface area contributed by atoms with E-state index < -0.39 is 0 Å². The van der Waals surface area contributed by atoms with Gasteiger partial charge in [0.2, 0.25) is 5.89 Å². The quantitative estimate of drug-likeness (QED) is 0.777. The van der Waals surface area contributed by atoms with Crippen LogP contribution in [-0.4, -0.2) is 34.2 Å². The largest absolute Gasteiger partial charge is 0.340 e. The number of hydrogen-bond donors (Lipinski definition) is 1. The van der Waals surface area contributed by atoms with E-state index in [9.17, 15) is 4.79 Å². The fourth-order valence-electron chi connectivity index (χ4n) is 3.27. The number of carbonyl (C=O) groups excluding carboxylic acids is 1. The molecule has 0 unspecified atom stereocenters. The van der Waals surface area contributed by atoms with Crippen molar-refractivity contribution in [2.45, 2.75) is 32.2 Å². The molecule has 2 aromatic heterocycles. The third kappa shape index (κ3) is 3.51. The van der Waals surface area contributed by atoms with Gasteiger partial charge < -0.3 is 14.7 Å². The maximum absolute atomic E-state index is 12.5. The van der Waals surface area contributed by atoms with Crippen molar-refractivity contribution < 1.29 is 9.32 Å². The van der Waals surface area contributed by atoms with E-state index in [-0.39, 0.29) is 11.9 Å². The molecule has 6 nitrogen and oxygen atoms in total. The summed E-state index contributed by atoms with van der Waals surface area (Å²) in [6, 6.07) is 8.38. The van der Waals surface area contributed by atoms with Crippen LogP contribution in [0.3, 0.4) is 0 Å². The highest BCUT2D eigenvalue weighted by atomic mass is 32.1. The minimum absolute atomic E-state index is 0.0321. The van der Waals surface area contributed by atoms with Crippen molar-refractivity contribution in [2.75, 3.05) is 13.1 Å². The van der Waals surface area contributed by atoms with Gasteiger partial charge in [-0.25, -0.2) is 4.79 Å². The molecule has 0 bridgehead atoms. The molecule has 4 rings (SSSR count). The molecule has 1 N–H and O–H groups in total. The highest BCUT2D eigenvalue weighted by molar-refractivity contribution is 7.17. The zero-order valence-electron chi connectivity index (χ0n) is 14.1. The first-order valence-corrected chi connectivity index (χ1v) is 9.36. The molecule has 0 aliphatic carbocycles. The van der Waals surface area contributed by atoms with Crippen molar-refractivity contribution in [1.82, 2.24) is 20.4 Å². The summed E-state index contributed by atoms with van der Waals surface area (Å²) in [5.74, 6) is 1.43. The molecule has 1 aliphatic heterocycles. The third-order valence-electron chi connectivity index (χ3n) is 4.58. The number of aryl methyl sites for hydroxylation is 1. The van der Waals surface area contributed by atoms with Gasteiger partial charge in [-0.1, -0.05) is 11.2 Å². The Labute approximate surface area is 149 Å². The van der Waals surface area contributed by atoms with Crippen molar-refractivity contribution >= 4 is 27.5 Å². The molecule has 25 heavy (non-hydrogen) atoms. The van der Waals surface area contributed by atoms with Gasteiger partial charge in [0.25, 0.3) is 0 Å². The standard InChI is InChI=1S/C18H20N4O2S/c1-12-20-17(21-24-12)15-3-2-7-22(11-15)18(23)19-10-13-4-5-16-14(9-13)6-8-25-16/h4-6,8-9,15H,2-3,7,10-11H2,1H3,(H,19,23)/t15-/m1/s1. The molecule has 3 aromatic rings. The van der Waals surface area contributed by atoms with Crippen LogP contribution in [0.5, 0.6) is 0 Å². The number of thiophene rings is 1. The summed E-state index contributed by atoms with van der Waals surface area (Å²) >= 11 is 1.73. The van der Waals surface area contributed by atoms with Crippen LogP contribution < -0.4 is 5.32 Å². The summed E-state index contributed by atoms with van der Waals surface area (Å²) in [6.07, 6.45) is 1.93. The minimum Gasteiger partial charge on any atom is -0.340 e. The summed E-state index contributed by atoms with van der Waals surface area (Å²) < 4.78 is 6.34. The second kappa shape index (κ2) is 6.84. The van der Waals surface area contributed by atoms with Crippen LogP contribution in [0.4, 0.5) is 4.79 Å². The Morgan fingerprint density at radius 2 is 2.36 bits per heavy atom. The van der Waals surface area contributed by atoms with Crippen LogP contribution in [0.15, 0.2) is 34.2 Å². The van der Waals surface area contributed by atoms with E-state index in [1.807, 2.05) is 4.90 Å². The highest BCUT2D eigenvalue weighted by Crippen LogP contribution is 2.25. The number of carbonyl (C=O) groups is 1. The van der Waals surface area contributed by atoms with E-state index in [0.29, 0.717) is 24.8 Å². The number of rotatable bonds is 3. The summed E-state index contributed by atoms with van der Waals surface area (Å²) in [5.41, 5.74) is 1.11. The van der Waals surface area contributed by atoms with E-state index in [0.717, 1.165) is 24.9 Å². The number of fused-ring (bicyclic) bond motifs is 1. The van der Waals surface area contributed by atoms with Crippen LogP contribution >= 0.6 is 11.3 Å². The SMILES string of the molecule is Cc1nc([C@@H]2CCCN(C(=O)NCc3ccc4sccc4c3)C2)no1. The van der Waals surface area contributed by atoms with E-state index in [1.54, 1.807) is 18.3 Å². The lowest BCUT2D eigenvalue weighted by Gasteiger charge is -2.31. The molecule has 0 saturated carbocycles. The Hall–Kier alpha value is -2.41. The van der Waals surface area contributed by atoms with Gasteiger partial charge in [-0.15, -0.1) is 11.3 Å². The van der Waals surface area contributed by atoms with E-state index in [1.165, 1.54) is 10.1 Å². The summed E-state index contributed by atoms with van der Waals surface area (Å²) in [5, 5.41) is 10.3. The Morgan fingerprint density at radius 1 is 1.44 bits per heavy atom. The number of amides is 2. The lowest BCUT2D eigenvalue weighted by molar-refractivity contribution is 0.177. The van der Waals surface area contributed by atoms with Crippen LogP contribution in [0, 0.1) is 6.92 Å². The first-order chi connectivity index (χ1) is 12.2. The number of piperidine rings is 1. The Bertz CT molecular complexity index is 888. The number of urea groups is 1. The number of benzene rings is 1. The number of nitrogens with one attached hydrogen (secondary N) is 1. The summed E-state index contributed by atoms with van der Waals surface area (Å²) in [7, 11) is 0. The van der Waals surface area contributed by atoms with Gasteiger partial charge in [-0.3, -0.25) is 0 Å². The first-order valence-electron chi connectivity index (χ1n) is 8.48. The van der Waals surface area contributed by atoms with Gasteiger partial charge in [0, 0.05) is 37.2 Å². The van der Waals surface area contributed by atoms with Gasteiger partial charge in [0.1, 0.15) is 0 Å². The van der Waals surface area contributed by atoms with Gasteiger partial charge in [-0.05, 0) is 47.4 Å². The average Bonchev–Trinajstić information content (AvgIpc) is 3.28. The monoisotopic (exact) mass is 356 g/mol. The molecule has 7 heteroatoms. The van der Waals surface area contributed by atoms with E-state index in [2.05, 4.69) is 45.1 Å². The van der Waals surface area contributed by atoms with Crippen molar-refractivity contribution in [3.63, 3.8) is 0 Å². The fraction of sp³-hybridized carbons (Fsp3) is 0.389. The number of nitrogens with zero attached hydrogens (tertiary/aromatic N) is 3. The van der Waals surface area contributed by atoms with Gasteiger partial charge in [-0.2, -0.15) is 4.98 Å². The normalized spacial score (nSPS) is 17.8. The molecule has 1 saturated heterocycles. The third-order valence-corrected chi connectivity index (χ3v) is 5.48. The van der Waals surface area contributed by atoms with Crippen molar-refractivity contribution in [1.29, 1.82) is 0 Å². The topological polar surface area (TPSA) is 71.3 Å². The average molecular weight is 356 g/mol. The summed E-state index contributed by atoms with van der Waals surface area (Å²) in [4.78, 5) is 18.7. The van der Waals surface area contributed by atoms with Crippen LogP contribution in [0.1, 0.15) is 36.0 Å². The predicted octanol–water partition coefficient (Wildman–Crippen LogP) is 3.68. The lowest BCUT2D eigenvalue weighted by atomic mass is 9.98. The Balaban J connectivity index is 1.36. The maximum Gasteiger partial charge on any atom is 0.317 e. The van der Waals surface area contributed by atoms with Crippen molar-refractivity contribution in [2.24, 2.45) is 0 Å². The van der Waals surface area contributed by atoms with Crippen molar-refractivity contribution in [3.05, 3.63) is 46.9 Å². The molecule has 1 aliphatic rings. The Kier molecular flexibility index (Phi) is 4.40. The summed E-state index contributed by atoms with van der Waals surface area (Å²) in [6.45, 7) is 3.72. The van der Waals surface area contributed by atoms with Gasteiger partial charge in [0.15, 0.2) is 5.82 Å². The van der Waals surface area contributed by atoms with Gasteiger partial charge in [0.05, 0.1) is 0 Å². The number of aromatic nitrogens is 2. The predicted molar refractivity (Wildman–Crippen MR) is 96.6 cm³/mol. The molecule has 1 atom stereocenters. The van der Waals surface area contributed by atoms with Crippen LogP contribution in [-0.2, 0) is 6.54 Å². The van der Waals surface area contributed by atoms with Crippen molar-refractivity contribution in [3.8, 4) is 0 Å². The molecule has 0 spiro atoms. The molecule has 3 heterocycles.